The molecule has 298 valence electrons. The number of unbranched alkanes of at least 4 members (excludes halogenated alkanes) is 21. The van der Waals surface area contributed by atoms with Gasteiger partial charge in [-0.25, -0.2) is 4.57 Å². The molecular formula is C37H73O12P. The molecule has 0 aromatic rings. The number of aliphatic hydroxyl groups excluding tert-OH is 5. The van der Waals surface area contributed by atoms with E-state index < -0.39 is 63.1 Å². The summed E-state index contributed by atoms with van der Waals surface area (Å²) in [5.74, 6) is -0.476. The zero-order chi connectivity index (χ0) is 37.0. The number of aliphatic hydroxyl groups is 5. The Kier molecular flexibility index (Phi) is 28.2. The molecule has 0 aromatic carbocycles. The predicted molar refractivity (Wildman–Crippen MR) is 194 cm³/mol. The van der Waals surface area contributed by atoms with E-state index in [0.29, 0.717) is 13.0 Å². The van der Waals surface area contributed by atoms with Gasteiger partial charge in [0.1, 0.15) is 42.7 Å². The molecule has 0 amide bonds. The number of rotatable bonds is 33. The molecule has 1 rings (SSSR count). The lowest BCUT2D eigenvalue weighted by Gasteiger charge is -2.41. The number of hydrogen-bond acceptors (Lipinski definition) is 11. The van der Waals surface area contributed by atoms with E-state index in [1.807, 2.05) is 0 Å². The number of hydrogen-bond donors (Lipinski definition) is 6. The molecule has 1 aliphatic carbocycles. The van der Waals surface area contributed by atoms with Crippen molar-refractivity contribution in [1.29, 1.82) is 0 Å². The largest absolute Gasteiger partial charge is 0.472 e. The fraction of sp³-hybridized carbons (Fsp3) is 0.973. The Morgan fingerprint density at radius 2 is 0.940 bits per heavy atom. The van der Waals surface area contributed by atoms with Crippen LogP contribution in [0.5, 0.6) is 0 Å². The zero-order valence-corrected chi connectivity index (χ0v) is 32.1. The second-order valence-electron chi connectivity index (χ2n) is 14.1. The third-order valence-electron chi connectivity index (χ3n) is 9.48. The van der Waals surface area contributed by atoms with Gasteiger partial charge in [0.05, 0.1) is 13.2 Å². The quantitative estimate of drug-likeness (QED) is 0.0239. The highest BCUT2D eigenvalue weighted by Gasteiger charge is 2.51. The molecule has 0 bridgehead atoms. The van der Waals surface area contributed by atoms with Crippen molar-refractivity contribution in [3.05, 3.63) is 0 Å². The van der Waals surface area contributed by atoms with Gasteiger partial charge in [-0.3, -0.25) is 13.8 Å². The van der Waals surface area contributed by atoms with Crippen molar-refractivity contribution in [2.45, 2.75) is 211 Å². The van der Waals surface area contributed by atoms with Gasteiger partial charge in [-0.1, -0.05) is 149 Å². The van der Waals surface area contributed by atoms with E-state index in [1.165, 1.54) is 103 Å². The predicted octanol–water partition coefficient (Wildman–Crippen LogP) is 6.64. The molecule has 0 heterocycles. The number of esters is 1. The number of carbonyl (C=O) groups excluding carboxylic acids is 1. The highest BCUT2D eigenvalue weighted by molar-refractivity contribution is 7.47. The van der Waals surface area contributed by atoms with E-state index in [2.05, 4.69) is 13.8 Å². The molecule has 6 atom stereocenters. The fourth-order valence-corrected chi connectivity index (χ4v) is 7.21. The van der Waals surface area contributed by atoms with Crippen molar-refractivity contribution >= 4 is 13.8 Å². The molecule has 12 nitrogen and oxygen atoms in total. The Labute approximate surface area is 302 Å². The lowest BCUT2D eigenvalue weighted by Crippen LogP contribution is -2.64. The Morgan fingerprint density at radius 1 is 0.560 bits per heavy atom. The van der Waals surface area contributed by atoms with Gasteiger partial charge in [0.2, 0.25) is 0 Å². The van der Waals surface area contributed by atoms with Crippen LogP contribution in [0.15, 0.2) is 0 Å². The van der Waals surface area contributed by atoms with Crippen molar-refractivity contribution < 1.29 is 58.3 Å². The molecule has 6 unspecified atom stereocenters. The van der Waals surface area contributed by atoms with E-state index in [1.54, 1.807) is 0 Å². The third-order valence-corrected chi connectivity index (χ3v) is 10.5. The maximum absolute atomic E-state index is 12.7. The topological polar surface area (TPSA) is 192 Å². The molecule has 1 fully saturated rings. The summed E-state index contributed by atoms with van der Waals surface area (Å²) < 4.78 is 33.9. The van der Waals surface area contributed by atoms with Crippen molar-refractivity contribution in [3.63, 3.8) is 0 Å². The van der Waals surface area contributed by atoms with Crippen LogP contribution < -0.4 is 0 Å². The van der Waals surface area contributed by atoms with E-state index in [-0.39, 0.29) is 13.0 Å². The molecule has 0 saturated heterocycles. The average Bonchev–Trinajstić information content (AvgIpc) is 3.09. The standard InChI is InChI=1S/C37H73O12P/c1-3-5-7-9-11-13-14-15-16-17-18-20-22-24-26-31(38)48-30(28-46-27-25-23-21-19-12-10-8-6-4-2)29-47-50(44,45)49-37-35(42)33(40)32(39)34(41)36(37)43/h30,32-37,39-43H,3-29H2,1-2H3,(H,44,45). The summed E-state index contributed by atoms with van der Waals surface area (Å²) in [4.78, 5) is 23.0. The zero-order valence-electron chi connectivity index (χ0n) is 31.2. The van der Waals surface area contributed by atoms with Gasteiger partial charge in [0.25, 0.3) is 0 Å². The van der Waals surface area contributed by atoms with Crippen LogP contribution in [0.4, 0.5) is 0 Å². The summed E-state index contributed by atoms with van der Waals surface area (Å²) in [6, 6.07) is 0. The first-order valence-electron chi connectivity index (χ1n) is 19.9. The van der Waals surface area contributed by atoms with Crippen LogP contribution in [0.25, 0.3) is 0 Å². The Bertz CT molecular complexity index is 848. The fourth-order valence-electron chi connectivity index (χ4n) is 6.24. The number of phosphoric ester groups is 1. The highest BCUT2D eigenvalue weighted by Crippen LogP contribution is 2.47. The molecule has 0 aromatic heterocycles. The van der Waals surface area contributed by atoms with Gasteiger partial charge in [-0.2, -0.15) is 0 Å². The van der Waals surface area contributed by atoms with Crippen LogP contribution >= 0.6 is 7.82 Å². The van der Waals surface area contributed by atoms with Gasteiger partial charge in [0, 0.05) is 13.0 Å². The van der Waals surface area contributed by atoms with Crippen LogP contribution in [-0.2, 0) is 27.9 Å². The second kappa shape index (κ2) is 29.8. The van der Waals surface area contributed by atoms with E-state index >= 15 is 0 Å². The van der Waals surface area contributed by atoms with Crippen molar-refractivity contribution in [2.75, 3.05) is 19.8 Å². The van der Waals surface area contributed by atoms with Crippen LogP contribution in [0, 0.1) is 0 Å². The highest BCUT2D eigenvalue weighted by atomic mass is 31.2. The van der Waals surface area contributed by atoms with Gasteiger partial charge in [0.15, 0.2) is 0 Å². The van der Waals surface area contributed by atoms with E-state index in [9.17, 15) is 39.8 Å². The smallest absolute Gasteiger partial charge is 0.457 e. The van der Waals surface area contributed by atoms with Gasteiger partial charge < -0.3 is 39.9 Å². The lowest BCUT2D eigenvalue weighted by molar-refractivity contribution is -0.220. The van der Waals surface area contributed by atoms with Gasteiger partial charge >= 0.3 is 13.8 Å². The molecule has 1 aliphatic rings. The molecule has 50 heavy (non-hydrogen) atoms. The van der Waals surface area contributed by atoms with Crippen LogP contribution in [0.2, 0.25) is 0 Å². The van der Waals surface area contributed by atoms with E-state index in [4.69, 9.17) is 18.5 Å². The van der Waals surface area contributed by atoms with Crippen LogP contribution in [0.1, 0.15) is 168 Å². The molecule has 1 saturated carbocycles. The SMILES string of the molecule is CCCCCCCCCCCCCCCCC(=O)OC(COCCCCCCCCCCC)COP(=O)(O)OC1C(O)C(O)C(O)C(O)C1O. The van der Waals surface area contributed by atoms with Gasteiger partial charge in [-0.15, -0.1) is 0 Å². The molecule has 0 aliphatic heterocycles. The van der Waals surface area contributed by atoms with Crippen molar-refractivity contribution in [1.82, 2.24) is 0 Å². The van der Waals surface area contributed by atoms with Gasteiger partial charge in [-0.05, 0) is 12.8 Å². The summed E-state index contributed by atoms with van der Waals surface area (Å²) in [5, 5.41) is 49.9. The minimum absolute atomic E-state index is 0.0696. The summed E-state index contributed by atoms with van der Waals surface area (Å²) >= 11 is 0. The van der Waals surface area contributed by atoms with Crippen molar-refractivity contribution in [3.8, 4) is 0 Å². The number of carbonyl (C=O) groups is 1. The van der Waals surface area contributed by atoms with Crippen molar-refractivity contribution in [2.24, 2.45) is 0 Å². The molecule has 13 heteroatoms. The summed E-state index contributed by atoms with van der Waals surface area (Å²) in [5.41, 5.74) is 0. The minimum atomic E-state index is -5.00. The normalized spacial score (nSPS) is 24.2. The van der Waals surface area contributed by atoms with E-state index in [0.717, 1.165) is 38.5 Å². The Balaban J connectivity index is 2.44. The first-order valence-corrected chi connectivity index (χ1v) is 21.4. The van der Waals surface area contributed by atoms with Crippen LogP contribution in [0.3, 0.4) is 0 Å². The molecule has 0 radical (unpaired) electrons. The third kappa shape index (κ3) is 22.4. The number of phosphoric acid groups is 1. The lowest BCUT2D eigenvalue weighted by atomic mass is 9.85. The second-order valence-corrected chi connectivity index (χ2v) is 15.6. The molecule has 0 spiro atoms. The van der Waals surface area contributed by atoms with Crippen LogP contribution in [-0.4, -0.2) is 98.9 Å². The Hall–Kier alpha value is -0.660. The maximum atomic E-state index is 12.7. The maximum Gasteiger partial charge on any atom is 0.472 e. The summed E-state index contributed by atoms with van der Waals surface area (Å²) in [6.07, 6.45) is 14.7. The Morgan fingerprint density at radius 3 is 1.38 bits per heavy atom. The molecule has 6 N–H and O–H groups in total. The minimum Gasteiger partial charge on any atom is -0.457 e. The average molecular weight is 741 g/mol. The first kappa shape index (κ1) is 47.4. The summed E-state index contributed by atoms with van der Waals surface area (Å²) in [6.45, 7) is 4.23. The summed E-state index contributed by atoms with van der Waals surface area (Å²) in [7, 11) is -5.00. The number of ether oxygens (including phenoxy) is 2. The monoisotopic (exact) mass is 740 g/mol. The first-order chi connectivity index (χ1) is 24.0. The molecular weight excluding hydrogens is 667 g/mol.